The highest BCUT2D eigenvalue weighted by molar-refractivity contribution is 9.10. The van der Waals surface area contributed by atoms with Gasteiger partial charge in [-0.3, -0.25) is 4.57 Å². The third kappa shape index (κ3) is 1.96. The van der Waals surface area contributed by atoms with Gasteiger partial charge in [0.15, 0.2) is 0 Å². The number of nitrogen functional groups attached to an aromatic ring is 1. The maximum Gasteiger partial charge on any atom is 0.206 e. The largest absolute Gasteiger partial charge is 0.369 e. The van der Waals surface area contributed by atoms with E-state index < -0.39 is 11.6 Å². The van der Waals surface area contributed by atoms with Gasteiger partial charge in [-0.05, 0) is 34.1 Å². The van der Waals surface area contributed by atoms with Crippen molar-refractivity contribution in [1.29, 1.82) is 0 Å². The molecule has 1 heterocycles. The van der Waals surface area contributed by atoms with E-state index in [4.69, 9.17) is 17.3 Å². The van der Waals surface area contributed by atoms with Gasteiger partial charge in [0.2, 0.25) is 5.95 Å². The van der Waals surface area contributed by atoms with E-state index in [1.54, 1.807) is 0 Å². The molecule has 20 heavy (non-hydrogen) atoms. The van der Waals surface area contributed by atoms with Gasteiger partial charge < -0.3 is 5.73 Å². The summed E-state index contributed by atoms with van der Waals surface area (Å²) in [4.78, 5) is 4.09. The summed E-state index contributed by atoms with van der Waals surface area (Å²) in [7, 11) is 0. The predicted octanol–water partition coefficient (Wildman–Crippen LogP) is 4.30. The average molecular weight is 359 g/mol. The van der Waals surface area contributed by atoms with E-state index in [0.717, 1.165) is 0 Å². The molecule has 2 N–H and O–H groups in total. The number of anilines is 1. The third-order valence-corrected chi connectivity index (χ3v) is 3.80. The first-order valence-electron chi connectivity index (χ1n) is 5.56. The van der Waals surface area contributed by atoms with E-state index in [-0.39, 0.29) is 21.1 Å². The zero-order valence-electron chi connectivity index (χ0n) is 9.87. The fourth-order valence-electron chi connectivity index (χ4n) is 2.03. The number of fused-ring (bicyclic) bond motifs is 1. The van der Waals surface area contributed by atoms with Gasteiger partial charge in [-0.2, -0.15) is 0 Å². The van der Waals surface area contributed by atoms with Crippen molar-refractivity contribution in [2.45, 2.75) is 0 Å². The molecule has 0 aliphatic rings. The quantitative estimate of drug-likeness (QED) is 0.705. The van der Waals surface area contributed by atoms with E-state index in [9.17, 15) is 8.78 Å². The van der Waals surface area contributed by atoms with E-state index in [0.29, 0.717) is 11.0 Å². The zero-order valence-corrected chi connectivity index (χ0v) is 12.2. The molecule has 0 aliphatic heterocycles. The molecule has 1 aromatic heterocycles. The Balaban J connectivity index is 2.42. The van der Waals surface area contributed by atoms with Gasteiger partial charge in [-0.15, -0.1) is 0 Å². The maximum atomic E-state index is 14.0. The number of nitrogens with zero attached hydrogens (tertiary/aromatic N) is 2. The highest BCUT2D eigenvalue weighted by atomic mass is 79.9. The third-order valence-electron chi connectivity index (χ3n) is 2.88. The number of para-hydroxylation sites is 1. The molecule has 0 spiro atoms. The van der Waals surface area contributed by atoms with Gasteiger partial charge in [-0.25, -0.2) is 13.8 Å². The van der Waals surface area contributed by atoms with Crippen LogP contribution in [0.2, 0.25) is 5.02 Å². The molecule has 0 saturated carbocycles. The summed E-state index contributed by atoms with van der Waals surface area (Å²) < 4.78 is 29.3. The second-order valence-electron chi connectivity index (χ2n) is 4.13. The summed E-state index contributed by atoms with van der Waals surface area (Å²) in [5.41, 5.74) is 6.65. The number of rotatable bonds is 1. The van der Waals surface area contributed by atoms with Gasteiger partial charge in [0.1, 0.15) is 17.3 Å². The van der Waals surface area contributed by atoms with Crippen LogP contribution in [0.15, 0.2) is 34.8 Å². The van der Waals surface area contributed by atoms with E-state index in [1.165, 1.54) is 34.9 Å². The van der Waals surface area contributed by atoms with Gasteiger partial charge in [0, 0.05) is 6.07 Å². The molecule has 0 aliphatic carbocycles. The lowest BCUT2D eigenvalue weighted by Crippen LogP contribution is -2.03. The van der Waals surface area contributed by atoms with Crippen molar-refractivity contribution in [3.8, 4) is 5.69 Å². The lowest BCUT2D eigenvalue weighted by Gasteiger charge is -2.10. The van der Waals surface area contributed by atoms with Crippen LogP contribution in [-0.2, 0) is 0 Å². The summed E-state index contributed by atoms with van der Waals surface area (Å²) in [6.45, 7) is 0. The SMILES string of the molecule is Nc1nc2cc(Br)c(F)cc2n1-c1c(F)cccc1Cl. The number of halogens is 4. The molecule has 3 rings (SSSR count). The monoisotopic (exact) mass is 357 g/mol. The highest BCUT2D eigenvalue weighted by Crippen LogP contribution is 2.32. The Labute approximate surface area is 126 Å². The topological polar surface area (TPSA) is 43.8 Å². The number of aromatic nitrogens is 2. The van der Waals surface area contributed by atoms with Crippen LogP contribution in [0.25, 0.3) is 16.7 Å². The Hall–Kier alpha value is -1.66. The number of nitrogens with two attached hydrogens (primary N) is 1. The zero-order chi connectivity index (χ0) is 14.4. The van der Waals surface area contributed by atoms with Crippen molar-refractivity contribution in [2.24, 2.45) is 0 Å². The minimum Gasteiger partial charge on any atom is -0.369 e. The van der Waals surface area contributed by atoms with Crippen molar-refractivity contribution in [3.63, 3.8) is 0 Å². The first-order valence-corrected chi connectivity index (χ1v) is 6.73. The second-order valence-corrected chi connectivity index (χ2v) is 5.39. The predicted molar refractivity (Wildman–Crippen MR) is 78.1 cm³/mol. The first kappa shape index (κ1) is 13.3. The Morgan fingerprint density at radius 3 is 2.65 bits per heavy atom. The fourth-order valence-corrected chi connectivity index (χ4v) is 2.61. The van der Waals surface area contributed by atoms with Gasteiger partial charge >= 0.3 is 0 Å². The Morgan fingerprint density at radius 1 is 1.20 bits per heavy atom. The molecule has 0 radical (unpaired) electrons. The molecule has 0 unspecified atom stereocenters. The molecule has 0 fully saturated rings. The number of imidazole rings is 1. The summed E-state index contributed by atoms with van der Waals surface area (Å²) in [5.74, 6) is -1.03. The minimum absolute atomic E-state index is 0.0319. The van der Waals surface area contributed by atoms with Crippen LogP contribution in [0.5, 0.6) is 0 Å². The van der Waals surface area contributed by atoms with Gasteiger partial charge in [0.25, 0.3) is 0 Å². The normalized spacial score (nSPS) is 11.2. The first-order chi connectivity index (χ1) is 9.49. The maximum absolute atomic E-state index is 14.0. The molecule has 7 heteroatoms. The molecular weight excluding hydrogens is 352 g/mol. The Kier molecular flexibility index (Phi) is 3.14. The number of hydrogen-bond acceptors (Lipinski definition) is 2. The molecule has 2 aromatic carbocycles. The van der Waals surface area contributed by atoms with Crippen molar-refractivity contribution < 1.29 is 8.78 Å². The standard InChI is InChI=1S/C13H7BrClF2N3/c14-6-4-10-11(5-9(6)17)20(13(18)19-10)12-7(15)2-1-3-8(12)16/h1-5H,(H2,18,19). The molecule has 102 valence electrons. The van der Waals surface area contributed by atoms with Crippen molar-refractivity contribution in [3.05, 3.63) is 51.5 Å². The minimum atomic E-state index is -0.563. The lowest BCUT2D eigenvalue weighted by molar-refractivity contribution is 0.617. The Bertz CT molecular complexity index is 812. The van der Waals surface area contributed by atoms with Gasteiger partial charge in [-0.1, -0.05) is 17.7 Å². The van der Waals surface area contributed by atoms with Crippen LogP contribution in [0.3, 0.4) is 0 Å². The lowest BCUT2D eigenvalue weighted by atomic mass is 10.2. The summed E-state index contributed by atoms with van der Waals surface area (Å²) in [6, 6.07) is 6.97. The smallest absolute Gasteiger partial charge is 0.206 e. The molecule has 0 amide bonds. The van der Waals surface area contributed by atoms with Crippen LogP contribution in [0.4, 0.5) is 14.7 Å². The van der Waals surface area contributed by atoms with E-state index in [2.05, 4.69) is 20.9 Å². The number of benzene rings is 2. The summed E-state index contributed by atoms with van der Waals surface area (Å²) in [6.07, 6.45) is 0. The molecule has 0 atom stereocenters. The van der Waals surface area contributed by atoms with Crippen molar-refractivity contribution >= 4 is 44.5 Å². The van der Waals surface area contributed by atoms with Crippen LogP contribution in [0.1, 0.15) is 0 Å². The van der Waals surface area contributed by atoms with Gasteiger partial charge in [0.05, 0.1) is 20.5 Å². The van der Waals surface area contributed by atoms with Crippen LogP contribution >= 0.6 is 27.5 Å². The molecule has 3 aromatic rings. The van der Waals surface area contributed by atoms with E-state index in [1.807, 2.05) is 0 Å². The Morgan fingerprint density at radius 2 is 1.95 bits per heavy atom. The van der Waals surface area contributed by atoms with Crippen molar-refractivity contribution in [1.82, 2.24) is 9.55 Å². The fraction of sp³-hybridized carbons (Fsp3) is 0. The summed E-state index contributed by atoms with van der Waals surface area (Å²) in [5, 5.41) is 0.166. The average Bonchev–Trinajstić information content (AvgIpc) is 2.67. The molecular formula is C13H7BrClF2N3. The van der Waals surface area contributed by atoms with Crippen LogP contribution in [0, 0.1) is 11.6 Å². The molecule has 0 saturated heterocycles. The highest BCUT2D eigenvalue weighted by Gasteiger charge is 2.17. The van der Waals surface area contributed by atoms with E-state index >= 15 is 0 Å². The second kappa shape index (κ2) is 4.71. The summed E-state index contributed by atoms with van der Waals surface area (Å²) >= 11 is 9.09. The van der Waals surface area contributed by atoms with Crippen LogP contribution < -0.4 is 5.73 Å². The molecule has 0 bridgehead atoms. The van der Waals surface area contributed by atoms with Crippen molar-refractivity contribution in [2.75, 3.05) is 5.73 Å². The number of hydrogen-bond donors (Lipinski definition) is 1. The molecule has 3 nitrogen and oxygen atoms in total. The van der Waals surface area contributed by atoms with Crippen LogP contribution in [-0.4, -0.2) is 9.55 Å².